The molecule has 0 fully saturated rings. The fraction of sp³-hybridized carbons (Fsp3) is 0. The number of nitrogens with zero attached hydrogens (tertiary/aromatic N) is 3. The predicted molar refractivity (Wildman–Crippen MR) is 73.1 cm³/mol. The predicted octanol–water partition coefficient (Wildman–Crippen LogP) is 2.94. The van der Waals surface area contributed by atoms with Gasteiger partial charge in [0.2, 0.25) is 0 Å². The Morgan fingerprint density at radius 1 is 1.20 bits per heavy atom. The summed E-state index contributed by atoms with van der Waals surface area (Å²) >= 11 is 11.4. The van der Waals surface area contributed by atoms with Crippen LogP contribution in [0.3, 0.4) is 0 Å². The van der Waals surface area contributed by atoms with Gasteiger partial charge in [-0.25, -0.2) is 0 Å². The van der Waals surface area contributed by atoms with Crippen molar-refractivity contribution in [2.24, 2.45) is 0 Å². The molecule has 0 radical (unpaired) electrons. The van der Waals surface area contributed by atoms with Crippen molar-refractivity contribution in [3.63, 3.8) is 0 Å². The third kappa shape index (κ3) is 3.19. The van der Waals surface area contributed by atoms with E-state index < -0.39 is 10.8 Å². The molecule has 102 valence electrons. The first kappa shape index (κ1) is 14.2. The van der Waals surface area contributed by atoms with E-state index in [-0.39, 0.29) is 27.2 Å². The number of non-ortho nitro benzene ring substituents is 1. The molecule has 2 aromatic rings. The second kappa shape index (κ2) is 5.81. The van der Waals surface area contributed by atoms with E-state index in [2.05, 4.69) is 15.5 Å². The lowest BCUT2D eigenvalue weighted by Gasteiger charge is -2.06. The molecule has 20 heavy (non-hydrogen) atoms. The highest BCUT2D eigenvalue weighted by molar-refractivity contribution is 6.34. The summed E-state index contributed by atoms with van der Waals surface area (Å²) in [5, 5.41) is 20.5. The maximum Gasteiger partial charge on any atom is 0.276 e. The average Bonchev–Trinajstić information content (AvgIpc) is 2.41. The maximum atomic E-state index is 11.9. The summed E-state index contributed by atoms with van der Waals surface area (Å²) in [5.41, 5.74) is -0.0634. The van der Waals surface area contributed by atoms with Crippen LogP contribution in [0.1, 0.15) is 10.5 Å². The summed E-state index contributed by atoms with van der Waals surface area (Å²) in [6, 6.07) is 6.49. The number of anilines is 1. The number of amides is 1. The molecule has 0 aliphatic carbocycles. The summed E-state index contributed by atoms with van der Waals surface area (Å²) in [5.74, 6) is -0.600. The van der Waals surface area contributed by atoms with Crippen molar-refractivity contribution >= 4 is 40.5 Å². The third-order valence-electron chi connectivity index (χ3n) is 2.27. The van der Waals surface area contributed by atoms with Crippen LogP contribution in [0.2, 0.25) is 10.2 Å². The Morgan fingerprint density at radius 3 is 2.55 bits per heavy atom. The molecule has 7 nitrogen and oxygen atoms in total. The molecule has 1 N–H and O–H groups in total. The minimum Gasteiger partial charge on any atom is -0.319 e. The highest BCUT2D eigenvalue weighted by atomic mass is 35.5. The molecule has 0 spiro atoms. The van der Waals surface area contributed by atoms with Crippen molar-refractivity contribution in [3.05, 3.63) is 56.3 Å². The van der Waals surface area contributed by atoms with Crippen LogP contribution in [0.5, 0.6) is 0 Å². The second-order valence-corrected chi connectivity index (χ2v) is 4.41. The van der Waals surface area contributed by atoms with Gasteiger partial charge in [-0.1, -0.05) is 23.2 Å². The van der Waals surface area contributed by atoms with Crippen LogP contribution in [0.25, 0.3) is 0 Å². The first-order valence-electron chi connectivity index (χ1n) is 5.22. The van der Waals surface area contributed by atoms with Gasteiger partial charge >= 0.3 is 0 Å². The number of nitrogens with one attached hydrogen (secondary N) is 1. The molecule has 1 aromatic carbocycles. The Kier molecular flexibility index (Phi) is 4.11. The minimum atomic E-state index is -0.600. The smallest absolute Gasteiger partial charge is 0.276 e. The van der Waals surface area contributed by atoms with Gasteiger partial charge in [-0.3, -0.25) is 14.9 Å². The standard InChI is InChI=1S/C11H6Cl2N4O3/c12-7-2-1-6(17(19)20)5-9(7)14-11(18)8-3-4-10(13)16-15-8/h1-5H,(H,14,18). The number of aromatic nitrogens is 2. The van der Waals surface area contributed by atoms with E-state index in [0.717, 1.165) is 6.07 Å². The lowest BCUT2D eigenvalue weighted by molar-refractivity contribution is -0.384. The highest BCUT2D eigenvalue weighted by Crippen LogP contribution is 2.26. The molecular weight excluding hydrogens is 307 g/mol. The van der Waals surface area contributed by atoms with Crippen molar-refractivity contribution in [2.75, 3.05) is 5.32 Å². The van der Waals surface area contributed by atoms with E-state index in [4.69, 9.17) is 23.2 Å². The van der Waals surface area contributed by atoms with Crippen LogP contribution >= 0.6 is 23.2 Å². The zero-order valence-electron chi connectivity index (χ0n) is 9.71. The van der Waals surface area contributed by atoms with Gasteiger partial charge in [-0.15, -0.1) is 10.2 Å². The Morgan fingerprint density at radius 2 is 1.95 bits per heavy atom. The van der Waals surface area contributed by atoms with Crippen molar-refractivity contribution in [1.82, 2.24) is 10.2 Å². The van der Waals surface area contributed by atoms with E-state index in [1.54, 1.807) is 0 Å². The molecule has 0 bridgehead atoms. The van der Waals surface area contributed by atoms with E-state index in [0.29, 0.717) is 0 Å². The number of halogens is 2. The number of nitro benzene ring substituents is 1. The summed E-state index contributed by atoms with van der Waals surface area (Å²) in [4.78, 5) is 22.0. The number of rotatable bonds is 3. The molecular formula is C11H6Cl2N4O3. The van der Waals surface area contributed by atoms with Gasteiger partial charge < -0.3 is 5.32 Å². The van der Waals surface area contributed by atoms with Crippen LogP contribution < -0.4 is 5.32 Å². The van der Waals surface area contributed by atoms with E-state index in [1.807, 2.05) is 0 Å². The number of nitro groups is 1. The fourth-order valence-electron chi connectivity index (χ4n) is 1.35. The van der Waals surface area contributed by atoms with Gasteiger partial charge in [0.1, 0.15) is 0 Å². The Balaban J connectivity index is 2.25. The molecule has 0 saturated heterocycles. The summed E-state index contributed by atoms with van der Waals surface area (Å²) < 4.78 is 0. The SMILES string of the molecule is O=C(Nc1cc([N+](=O)[O-])ccc1Cl)c1ccc(Cl)nn1. The van der Waals surface area contributed by atoms with Crippen LogP contribution in [-0.4, -0.2) is 21.0 Å². The van der Waals surface area contributed by atoms with E-state index in [1.165, 1.54) is 24.3 Å². The molecule has 0 atom stereocenters. The van der Waals surface area contributed by atoms with Gasteiger partial charge in [0.15, 0.2) is 10.8 Å². The number of carbonyl (C=O) groups is 1. The van der Waals surface area contributed by atoms with Crippen molar-refractivity contribution in [2.45, 2.75) is 0 Å². The zero-order valence-corrected chi connectivity index (χ0v) is 11.2. The molecule has 9 heteroatoms. The van der Waals surface area contributed by atoms with Crippen molar-refractivity contribution in [3.8, 4) is 0 Å². The molecule has 1 aromatic heterocycles. The second-order valence-electron chi connectivity index (χ2n) is 3.62. The van der Waals surface area contributed by atoms with Crippen molar-refractivity contribution in [1.29, 1.82) is 0 Å². The minimum absolute atomic E-state index is 0.0111. The van der Waals surface area contributed by atoms with Crippen LogP contribution in [-0.2, 0) is 0 Å². The van der Waals surface area contributed by atoms with Gasteiger partial charge in [0.05, 0.1) is 15.6 Å². The lowest BCUT2D eigenvalue weighted by Crippen LogP contribution is -2.14. The molecule has 0 unspecified atom stereocenters. The van der Waals surface area contributed by atoms with E-state index >= 15 is 0 Å². The lowest BCUT2D eigenvalue weighted by atomic mass is 10.2. The monoisotopic (exact) mass is 312 g/mol. The number of hydrogen-bond donors (Lipinski definition) is 1. The first-order valence-corrected chi connectivity index (χ1v) is 5.97. The number of benzene rings is 1. The molecule has 0 aliphatic rings. The van der Waals surface area contributed by atoms with Gasteiger partial charge in [-0.2, -0.15) is 0 Å². The maximum absolute atomic E-state index is 11.9. The van der Waals surface area contributed by atoms with Crippen LogP contribution in [0.15, 0.2) is 30.3 Å². The normalized spacial score (nSPS) is 10.1. The average molecular weight is 313 g/mol. The van der Waals surface area contributed by atoms with Crippen LogP contribution in [0.4, 0.5) is 11.4 Å². The highest BCUT2D eigenvalue weighted by Gasteiger charge is 2.14. The number of hydrogen-bond acceptors (Lipinski definition) is 5. The zero-order chi connectivity index (χ0) is 14.7. The largest absolute Gasteiger partial charge is 0.319 e. The van der Waals surface area contributed by atoms with Gasteiger partial charge in [-0.05, 0) is 18.2 Å². The molecule has 2 rings (SSSR count). The Bertz CT molecular complexity index is 676. The fourth-order valence-corrected chi connectivity index (χ4v) is 1.61. The Hall–Kier alpha value is -2.25. The molecule has 0 aliphatic heterocycles. The van der Waals surface area contributed by atoms with Crippen LogP contribution in [0, 0.1) is 10.1 Å². The topological polar surface area (TPSA) is 98.0 Å². The van der Waals surface area contributed by atoms with E-state index in [9.17, 15) is 14.9 Å². The summed E-state index contributed by atoms with van der Waals surface area (Å²) in [6.45, 7) is 0. The molecule has 1 amide bonds. The Labute approximate surface area is 122 Å². The summed E-state index contributed by atoms with van der Waals surface area (Å²) in [7, 11) is 0. The number of carbonyl (C=O) groups excluding carboxylic acids is 1. The quantitative estimate of drug-likeness (QED) is 0.694. The summed E-state index contributed by atoms with van der Waals surface area (Å²) in [6.07, 6.45) is 0. The molecule has 1 heterocycles. The first-order chi connectivity index (χ1) is 9.47. The van der Waals surface area contributed by atoms with Crippen molar-refractivity contribution < 1.29 is 9.72 Å². The third-order valence-corrected chi connectivity index (χ3v) is 2.80. The van der Waals surface area contributed by atoms with Gasteiger partial charge in [0.25, 0.3) is 11.6 Å². The molecule has 0 saturated carbocycles. The van der Waals surface area contributed by atoms with Gasteiger partial charge in [0, 0.05) is 12.1 Å².